The lowest BCUT2D eigenvalue weighted by Gasteiger charge is -2.32. The second-order valence-electron chi connectivity index (χ2n) is 4.21. The molecule has 0 amide bonds. The summed E-state index contributed by atoms with van der Waals surface area (Å²) >= 11 is 0. The first kappa shape index (κ1) is 11.0. The van der Waals surface area contributed by atoms with Gasteiger partial charge in [0, 0.05) is 20.6 Å². The Morgan fingerprint density at radius 2 is 2.00 bits per heavy atom. The van der Waals surface area contributed by atoms with Crippen LogP contribution in [0.2, 0.25) is 0 Å². The molecule has 0 aromatic rings. The molecule has 0 bridgehead atoms. The summed E-state index contributed by atoms with van der Waals surface area (Å²) in [5, 5.41) is 3.35. The molecule has 1 N–H and O–H groups in total. The number of likely N-dealkylation sites (N-methyl/N-ethyl adjacent to an activating group) is 1. The molecule has 80 valence electrons. The van der Waals surface area contributed by atoms with Crippen molar-refractivity contribution in [1.82, 2.24) is 15.1 Å². The van der Waals surface area contributed by atoms with Crippen LogP contribution < -0.4 is 5.32 Å². The van der Waals surface area contributed by atoms with Gasteiger partial charge in [-0.2, -0.15) is 0 Å². The van der Waals surface area contributed by atoms with Crippen LogP contribution in [0.3, 0.4) is 0 Å². The van der Waals surface area contributed by atoms with Gasteiger partial charge in [-0.05, 0) is 47.1 Å². The first-order valence-corrected chi connectivity index (χ1v) is 5.26. The highest BCUT2D eigenvalue weighted by molar-refractivity contribution is 4.75. The summed E-state index contributed by atoms with van der Waals surface area (Å²) in [6.45, 7) is 4.94. The maximum Gasteiger partial charge on any atom is 0.0109 e. The Bertz CT molecular complexity index is 133. The summed E-state index contributed by atoms with van der Waals surface area (Å²) in [6, 6.07) is 0.760. The summed E-state index contributed by atoms with van der Waals surface area (Å²) in [5.74, 6) is 0. The fourth-order valence-corrected chi connectivity index (χ4v) is 1.79. The largest absolute Gasteiger partial charge is 0.317 e. The minimum Gasteiger partial charge on any atom is -0.317 e. The molecule has 0 radical (unpaired) electrons. The first-order chi connectivity index (χ1) is 6.22. The molecule has 1 saturated heterocycles. The number of hydrogen-bond acceptors (Lipinski definition) is 3. The van der Waals surface area contributed by atoms with Gasteiger partial charge in [-0.3, -0.25) is 0 Å². The lowest BCUT2D eigenvalue weighted by Crippen LogP contribution is -2.43. The minimum atomic E-state index is 0. The standard InChI is InChI=1S/C10H23N3.H2/c1-11-10-4-6-13(7-5-10)9-8-12(2)3;/h10-11H,4-9H2,1-3H3;1H. The molecule has 0 aromatic carbocycles. The highest BCUT2D eigenvalue weighted by Crippen LogP contribution is 2.08. The Kier molecular flexibility index (Phi) is 4.70. The van der Waals surface area contributed by atoms with Gasteiger partial charge < -0.3 is 15.1 Å². The number of piperidine rings is 1. The number of hydrogen-bond donors (Lipinski definition) is 1. The predicted molar refractivity (Wildman–Crippen MR) is 59.2 cm³/mol. The molecule has 0 atom stereocenters. The van der Waals surface area contributed by atoms with Crippen LogP contribution in [0, 0.1) is 0 Å². The zero-order valence-electron chi connectivity index (χ0n) is 9.21. The molecule has 1 fully saturated rings. The Labute approximate surface area is 83.6 Å². The van der Waals surface area contributed by atoms with Crippen LogP contribution in [0.1, 0.15) is 14.3 Å². The molecule has 0 saturated carbocycles. The van der Waals surface area contributed by atoms with Crippen LogP contribution >= 0.6 is 0 Å². The Balaban J connectivity index is 0.00000169. The third kappa shape index (κ3) is 4.07. The second kappa shape index (κ2) is 5.58. The molecule has 1 heterocycles. The zero-order chi connectivity index (χ0) is 9.68. The number of likely N-dealkylation sites (tertiary alicyclic amines) is 1. The average Bonchev–Trinajstić information content (AvgIpc) is 2.15. The Hall–Kier alpha value is -0.120. The van der Waals surface area contributed by atoms with E-state index in [0.717, 1.165) is 6.04 Å². The highest BCUT2D eigenvalue weighted by atomic mass is 15.2. The van der Waals surface area contributed by atoms with Gasteiger partial charge in [0.2, 0.25) is 0 Å². The van der Waals surface area contributed by atoms with E-state index in [1.54, 1.807) is 0 Å². The van der Waals surface area contributed by atoms with Crippen molar-refractivity contribution in [3.05, 3.63) is 0 Å². The van der Waals surface area contributed by atoms with Crippen LogP contribution in [-0.2, 0) is 0 Å². The van der Waals surface area contributed by atoms with Crippen molar-refractivity contribution in [2.75, 3.05) is 47.3 Å². The summed E-state index contributed by atoms with van der Waals surface area (Å²) in [6.07, 6.45) is 2.62. The van der Waals surface area contributed by atoms with Crippen molar-refractivity contribution in [1.29, 1.82) is 0 Å². The maximum absolute atomic E-state index is 3.35. The van der Waals surface area contributed by atoms with Crippen LogP contribution in [0.4, 0.5) is 0 Å². The minimum absolute atomic E-state index is 0. The van der Waals surface area contributed by atoms with E-state index < -0.39 is 0 Å². The lowest BCUT2D eigenvalue weighted by atomic mass is 10.1. The molecule has 0 aliphatic carbocycles. The monoisotopic (exact) mass is 187 g/mol. The zero-order valence-corrected chi connectivity index (χ0v) is 9.21. The summed E-state index contributed by atoms with van der Waals surface area (Å²) < 4.78 is 0. The molecule has 1 rings (SSSR count). The predicted octanol–water partition coefficient (Wildman–Crippen LogP) is 0.478. The summed E-state index contributed by atoms with van der Waals surface area (Å²) in [4.78, 5) is 4.82. The maximum atomic E-state index is 3.35. The quantitative estimate of drug-likeness (QED) is 0.690. The number of rotatable bonds is 4. The summed E-state index contributed by atoms with van der Waals surface area (Å²) in [5.41, 5.74) is 0. The van der Waals surface area contributed by atoms with Gasteiger partial charge >= 0.3 is 0 Å². The molecule has 3 nitrogen and oxygen atoms in total. The second-order valence-corrected chi connectivity index (χ2v) is 4.21. The fraction of sp³-hybridized carbons (Fsp3) is 1.00. The van der Waals surface area contributed by atoms with E-state index >= 15 is 0 Å². The first-order valence-electron chi connectivity index (χ1n) is 5.26. The fourth-order valence-electron chi connectivity index (χ4n) is 1.79. The van der Waals surface area contributed by atoms with Crippen molar-refractivity contribution < 1.29 is 1.43 Å². The van der Waals surface area contributed by atoms with Gasteiger partial charge in [-0.15, -0.1) is 0 Å². The molecule has 0 spiro atoms. The van der Waals surface area contributed by atoms with Crippen LogP contribution in [-0.4, -0.2) is 63.2 Å². The molecule has 3 heteroatoms. The highest BCUT2D eigenvalue weighted by Gasteiger charge is 2.16. The lowest BCUT2D eigenvalue weighted by molar-refractivity contribution is 0.185. The molecule has 1 aliphatic heterocycles. The van der Waals surface area contributed by atoms with Gasteiger partial charge in [0.1, 0.15) is 0 Å². The summed E-state index contributed by atoms with van der Waals surface area (Å²) in [7, 11) is 6.35. The third-order valence-electron chi connectivity index (χ3n) is 2.86. The molecular weight excluding hydrogens is 162 g/mol. The topological polar surface area (TPSA) is 18.5 Å². The Morgan fingerprint density at radius 3 is 2.46 bits per heavy atom. The number of nitrogens with zero attached hydrogens (tertiary/aromatic N) is 2. The van der Waals surface area contributed by atoms with Gasteiger partial charge in [-0.1, -0.05) is 0 Å². The van der Waals surface area contributed by atoms with E-state index in [-0.39, 0.29) is 1.43 Å². The van der Waals surface area contributed by atoms with E-state index in [0.29, 0.717) is 0 Å². The normalized spacial score (nSPS) is 21.2. The van der Waals surface area contributed by atoms with Crippen LogP contribution in [0.5, 0.6) is 0 Å². The third-order valence-corrected chi connectivity index (χ3v) is 2.86. The molecule has 0 unspecified atom stereocenters. The smallest absolute Gasteiger partial charge is 0.0109 e. The molecule has 13 heavy (non-hydrogen) atoms. The van der Waals surface area contributed by atoms with Crippen molar-refractivity contribution in [2.24, 2.45) is 0 Å². The van der Waals surface area contributed by atoms with Gasteiger partial charge in [-0.25, -0.2) is 0 Å². The van der Waals surface area contributed by atoms with Crippen LogP contribution in [0.25, 0.3) is 0 Å². The van der Waals surface area contributed by atoms with Crippen molar-refractivity contribution in [3.63, 3.8) is 0 Å². The molecule has 1 aliphatic rings. The van der Waals surface area contributed by atoms with E-state index in [2.05, 4.69) is 36.3 Å². The number of nitrogens with one attached hydrogen (secondary N) is 1. The van der Waals surface area contributed by atoms with Gasteiger partial charge in [0.15, 0.2) is 0 Å². The molecule has 0 aromatic heterocycles. The molecular formula is C10H25N3. The van der Waals surface area contributed by atoms with Gasteiger partial charge in [0.25, 0.3) is 0 Å². The van der Waals surface area contributed by atoms with Crippen molar-refractivity contribution in [3.8, 4) is 0 Å². The van der Waals surface area contributed by atoms with E-state index in [4.69, 9.17) is 0 Å². The van der Waals surface area contributed by atoms with E-state index in [1.807, 2.05) is 0 Å². The Morgan fingerprint density at radius 1 is 1.38 bits per heavy atom. The van der Waals surface area contributed by atoms with Gasteiger partial charge in [0.05, 0.1) is 0 Å². The van der Waals surface area contributed by atoms with E-state index in [1.165, 1.54) is 39.0 Å². The van der Waals surface area contributed by atoms with Crippen molar-refractivity contribution in [2.45, 2.75) is 18.9 Å². The van der Waals surface area contributed by atoms with Crippen molar-refractivity contribution >= 4 is 0 Å². The van der Waals surface area contributed by atoms with Crippen LogP contribution in [0.15, 0.2) is 0 Å². The SMILES string of the molecule is CNC1CCN(CCN(C)C)CC1.[HH]. The average molecular weight is 187 g/mol. The van der Waals surface area contributed by atoms with E-state index in [9.17, 15) is 0 Å².